The highest BCUT2D eigenvalue weighted by Crippen LogP contribution is 2.17. The van der Waals surface area contributed by atoms with E-state index in [1.165, 1.54) is 0 Å². The lowest BCUT2D eigenvalue weighted by Crippen LogP contribution is -2.39. The predicted molar refractivity (Wildman–Crippen MR) is 81.1 cm³/mol. The maximum Gasteiger partial charge on any atom is 0.241 e. The van der Waals surface area contributed by atoms with E-state index in [-0.39, 0.29) is 23.3 Å². The molecule has 1 fully saturated rings. The quantitative estimate of drug-likeness (QED) is 0.464. The Morgan fingerprint density at radius 2 is 1.86 bits per heavy atom. The van der Waals surface area contributed by atoms with Crippen LogP contribution >= 0.6 is 0 Å². The molecule has 6 nitrogen and oxygen atoms in total. The smallest absolute Gasteiger partial charge is 0.241 e. The van der Waals surface area contributed by atoms with Crippen LogP contribution in [-0.4, -0.2) is 43.8 Å². The summed E-state index contributed by atoms with van der Waals surface area (Å²) in [5.41, 5.74) is 4.16. The Labute approximate surface area is 125 Å². The molecule has 0 bridgehead atoms. The highest BCUT2D eigenvalue weighted by Gasteiger charge is 2.21. The number of nitrogens with two attached hydrogens (primary N) is 1. The minimum absolute atomic E-state index is 0.219. The van der Waals surface area contributed by atoms with Gasteiger partial charge in [-0.05, 0) is 18.1 Å². The van der Waals surface area contributed by atoms with Crippen LogP contribution in [0.2, 0.25) is 0 Å². The molecule has 7 heteroatoms. The summed E-state index contributed by atoms with van der Waals surface area (Å²) in [6.45, 7) is 3.69. The number of rotatable bonds is 4. The van der Waals surface area contributed by atoms with Crippen molar-refractivity contribution in [3.63, 3.8) is 0 Å². The molecular formula is C14H21N3O3S. The molecule has 21 heavy (non-hydrogen) atoms. The van der Waals surface area contributed by atoms with Gasteiger partial charge in [-0.25, -0.2) is 14.3 Å². The van der Waals surface area contributed by atoms with Gasteiger partial charge in [0.2, 0.25) is 5.91 Å². The first-order valence-corrected chi connectivity index (χ1v) is 8.75. The molecule has 1 saturated heterocycles. The largest absolute Gasteiger partial charge is 0.297 e. The van der Waals surface area contributed by atoms with Crippen molar-refractivity contribution in [1.29, 1.82) is 0 Å². The number of sulfone groups is 1. The van der Waals surface area contributed by atoms with Crippen LogP contribution < -0.4 is 11.3 Å². The third kappa shape index (κ3) is 4.26. The molecule has 1 aromatic rings. The Morgan fingerprint density at radius 3 is 2.38 bits per heavy atom. The standard InChI is InChI=1S/C14H21N3O3S/c1-11(14(18)16-15)13-4-2-12(3-5-13)10-17-6-8-21(19,20)9-7-17/h2-5,11H,6-10,15H2,1H3,(H,16,18). The van der Waals surface area contributed by atoms with Gasteiger partial charge in [-0.15, -0.1) is 0 Å². The molecule has 2 rings (SSSR count). The van der Waals surface area contributed by atoms with Crippen molar-refractivity contribution in [1.82, 2.24) is 10.3 Å². The van der Waals surface area contributed by atoms with Gasteiger partial charge in [0.25, 0.3) is 0 Å². The SMILES string of the molecule is CC(C(=O)NN)c1ccc(CN2CCS(=O)(=O)CC2)cc1. The summed E-state index contributed by atoms with van der Waals surface area (Å²) < 4.78 is 22.8. The fourth-order valence-corrected chi connectivity index (χ4v) is 3.63. The molecule has 1 heterocycles. The first kappa shape index (κ1) is 15.9. The van der Waals surface area contributed by atoms with E-state index in [9.17, 15) is 13.2 Å². The zero-order valence-corrected chi connectivity index (χ0v) is 12.9. The normalized spacial score (nSPS) is 19.9. The maximum absolute atomic E-state index is 11.5. The molecule has 0 saturated carbocycles. The number of hydrogen-bond donors (Lipinski definition) is 2. The Hall–Kier alpha value is -1.44. The van der Waals surface area contributed by atoms with Gasteiger partial charge in [0.15, 0.2) is 9.84 Å². The maximum atomic E-state index is 11.5. The predicted octanol–water partition coefficient (Wildman–Crippen LogP) is 0.0104. The lowest BCUT2D eigenvalue weighted by Gasteiger charge is -2.26. The van der Waals surface area contributed by atoms with Crippen molar-refractivity contribution in [3.8, 4) is 0 Å². The molecule has 1 aliphatic heterocycles. The zero-order chi connectivity index (χ0) is 15.5. The van der Waals surface area contributed by atoms with Crippen LogP contribution in [0.3, 0.4) is 0 Å². The summed E-state index contributed by atoms with van der Waals surface area (Å²) in [6.07, 6.45) is 0. The van der Waals surface area contributed by atoms with E-state index in [1.54, 1.807) is 6.92 Å². The van der Waals surface area contributed by atoms with Crippen LogP contribution in [0.25, 0.3) is 0 Å². The number of carbonyl (C=O) groups excluding carboxylic acids is 1. The van der Waals surface area contributed by atoms with Crippen molar-refractivity contribution >= 4 is 15.7 Å². The fraction of sp³-hybridized carbons (Fsp3) is 0.500. The zero-order valence-electron chi connectivity index (χ0n) is 12.1. The average Bonchev–Trinajstić information content (AvgIpc) is 2.48. The number of benzene rings is 1. The summed E-state index contributed by atoms with van der Waals surface area (Å²) >= 11 is 0. The fourth-order valence-electron chi connectivity index (χ4n) is 2.35. The van der Waals surface area contributed by atoms with E-state index in [4.69, 9.17) is 5.84 Å². The van der Waals surface area contributed by atoms with Crippen LogP contribution in [0.5, 0.6) is 0 Å². The summed E-state index contributed by atoms with van der Waals surface area (Å²) in [6, 6.07) is 7.77. The van der Waals surface area contributed by atoms with Gasteiger partial charge in [-0.3, -0.25) is 15.1 Å². The van der Waals surface area contributed by atoms with Crippen molar-refractivity contribution in [3.05, 3.63) is 35.4 Å². The number of amides is 1. The molecule has 3 N–H and O–H groups in total. The molecule has 116 valence electrons. The van der Waals surface area contributed by atoms with Crippen molar-refractivity contribution < 1.29 is 13.2 Å². The third-order valence-electron chi connectivity index (χ3n) is 3.86. The second kappa shape index (κ2) is 6.55. The Morgan fingerprint density at radius 1 is 1.29 bits per heavy atom. The van der Waals surface area contributed by atoms with Crippen molar-refractivity contribution in [2.45, 2.75) is 19.4 Å². The minimum Gasteiger partial charge on any atom is -0.297 e. The summed E-state index contributed by atoms with van der Waals surface area (Å²) in [5, 5.41) is 0. The van der Waals surface area contributed by atoms with E-state index in [0.29, 0.717) is 13.1 Å². The molecule has 0 radical (unpaired) electrons. The Bertz CT molecular complexity index is 584. The minimum atomic E-state index is -2.84. The number of carbonyl (C=O) groups is 1. The third-order valence-corrected chi connectivity index (χ3v) is 5.47. The van der Waals surface area contributed by atoms with E-state index in [1.807, 2.05) is 24.3 Å². The second-order valence-electron chi connectivity index (χ2n) is 5.40. The Balaban J connectivity index is 1.95. The topological polar surface area (TPSA) is 92.5 Å². The van der Waals surface area contributed by atoms with Gasteiger partial charge in [0.1, 0.15) is 0 Å². The van der Waals surface area contributed by atoms with Crippen molar-refractivity contribution in [2.75, 3.05) is 24.6 Å². The van der Waals surface area contributed by atoms with Gasteiger partial charge in [0, 0.05) is 19.6 Å². The highest BCUT2D eigenvalue weighted by atomic mass is 32.2. The van der Waals surface area contributed by atoms with Gasteiger partial charge in [0.05, 0.1) is 17.4 Å². The molecule has 0 spiro atoms. The first-order chi connectivity index (χ1) is 9.91. The molecule has 1 atom stereocenters. The molecule has 1 aliphatic rings. The lowest BCUT2D eigenvalue weighted by atomic mass is 9.99. The summed E-state index contributed by atoms with van der Waals surface area (Å²) in [4.78, 5) is 13.6. The Kier molecular flexibility index (Phi) is 4.97. The van der Waals surface area contributed by atoms with Gasteiger partial charge in [-0.1, -0.05) is 24.3 Å². The highest BCUT2D eigenvalue weighted by molar-refractivity contribution is 7.91. The number of hydrogen-bond acceptors (Lipinski definition) is 5. The molecule has 0 aliphatic carbocycles. The van der Waals surface area contributed by atoms with Crippen molar-refractivity contribution in [2.24, 2.45) is 5.84 Å². The van der Waals surface area contributed by atoms with Crippen LogP contribution in [0.4, 0.5) is 0 Å². The second-order valence-corrected chi connectivity index (χ2v) is 7.70. The average molecular weight is 311 g/mol. The van der Waals surface area contributed by atoms with Gasteiger partial charge in [-0.2, -0.15) is 0 Å². The van der Waals surface area contributed by atoms with Gasteiger partial charge >= 0.3 is 0 Å². The monoisotopic (exact) mass is 311 g/mol. The van der Waals surface area contributed by atoms with Crippen LogP contribution in [0.1, 0.15) is 24.0 Å². The van der Waals surface area contributed by atoms with E-state index < -0.39 is 9.84 Å². The van der Waals surface area contributed by atoms with Crippen LogP contribution in [-0.2, 0) is 21.2 Å². The van der Waals surface area contributed by atoms with E-state index >= 15 is 0 Å². The first-order valence-electron chi connectivity index (χ1n) is 6.93. The number of nitrogens with one attached hydrogen (secondary N) is 1. The van der Waals surface area contributed by atoms with Crippen LogP contribution in [0.15, 0.2) is 24.3 Å². The summed E-state index contributed by atoms with van der Waals surface area (Å²) in [5.74, 6) is 5.09. The molecule has 0 aromatic heterocycles. The van der Waals surface area contributed by atoms with Gasteiger partial charge < -0.3 is 0 Å². The number of nitrogens with zero attached hydrogens (tertiary/aromatic N) is 1. The van der Waals surface area contributed by atoms with E-state index in [2.05, 4.69) is 10.3 Å². The molecule has 1 aromatic carbocycles. The molecule has 1 amide bonds. The summed E-state index contributed by atoms with van der Waals surface area (Å²) in [7, 11) is -2.84. The molecular weight excluding hydrogens is 290 g/mol. The van der Waals surface area contributed by atoms with Crippen LogP contribution in [0, 0.1) is 0 Å². The van der Waals surface area contributed by atoms with E-state index in [0.717, 1.165) is 17.7 Å². The lowest BCUT2D eigenvalue weighted by molar-refractivity contribution is -0.122. The molecule has 1 unspecified atom stereocenters. The number of hydrazine groups is 1.